The number of piperidine rings is 1. The van der Waals surface area contributed by atoms with Crippen molar-refractivity contribution in [3.63, 3.8) is 0 Å². The molecule has 0 bridgehead atoms. The van der Waals surface area contributed by atoms with E-state index in [1.165, 1.54) is 24.6 Å². The summed E-state index contributed by atoms with van der Waals surface area (Å²) >= 11 is 7.56. The Bertz CT molecular complexity index is 409. The topological polar surface area (TPSA) is 29.0 Å². The molecular formula is C12H18ClN3S. The van der Waals surface area contributed by atoms with Gasteiger partial charge in [-0.05, 0) is 24.5 Å². The van der Waals surface area contributed by atoms with Gasteiger partial charge in [-0.25, -0.2) is 9.97 Å². The van der Waals surface area contributed by atoms with Crippen molar-refractivity contribution in [2.24, 2.45) is 5.41 Å². The van der Waals surface area contributed by atoms with E-state index in [0.717, 1.165) is 24.1 Å². The molecule has 5 heteroatoms. The molecule has 0 N–H and O–H groups in total. The number of rotatable bonds is 2. The Balaban J connectivity index is 2.24. The van der Waals surface area contributed by atoms with Gasteiger partial charge >= 0.3 is 0 Å². The summed E-state index contributed by atoms with van der Waals surface area (Å²) in [4.78, 5) is 11.0. The number of hydrogen-bond donors (Lipinski definition) is 0. The zero-order valence-corrected chi connectivity index (χ0v) is 12.1. The van der Waals surface area contributed by atoms with E-state index in [1.54, 1.807) is 0 Å². The first-order valence-electron chi connectivity index (χ1n) is 5.84. The van der Waals surface area contributed by atoms with Crippen molar-refractivity contribution in [1.82, 2.24) is 9.97 Å². The second kappa shape index (κ2) is 5.02. The van der Waals surface area contributed by atoms with Crippen LogP contribution in [0.25, 0.3) is 0 Å². The number of thioether (sulfide) groups is 1. The van der Waals surface area contributed by atoms with Gasteiger partial charge in [0.15, 0.2) is 5.16 Å². The molecule has 2 rings (SSSR count). The van der Waals surface area contributed by atoms with E-state index >= 15 is 0 Å². The molecule has 1 aliphatic rings. The quantitative estimate of drug-likeness (QED) is 0.468. The first kappa shape index (κ1) is 13.0. The molecule has 1 aliphatic heterocycles. The lowest BCUT2D eigenvalue weighted by Gasteiger charge is -2.38. The third kappa shape index (κ3) is 3.26. The zero-order chi connectivity index (χ0) is 12.5. The minimum Gasteiger partial charge on any atom is -0.356 e. The van der Waals surface area contributed by atoms with Crippen LogP contribution in [0.3, 0.4) is 0 Å². The normalized spacial score (nSPS) is 19.4. The van der Waals surface area contributed by atoms with Crippen LogP contribution in [0.5, 0.6) is 0 Å². The molecule has 3 nitrogen and oxygen atoms in total. The van der Waals surface area contributed by atoms with Gasteiger partial charge in [0.1, 0.15) is 11.0 Å². The van der Waals surface area contributed by atoms with Crippen LogP contribution in [-0.2, 0) is 0 Å². The van der Waals surface area contributed by atoms with Crippen LogP contribution in [0.1, 0.15) is 26.7 Å². The lowest BCUT2D eigenvalue weighted by atomic mass is 9.84. The van der Waals surface area contributed by atoms with Gasteiger partial charge in [0.2, 0.25) is 0 Å². The molecule has 1 saturated heterocycles. The van der Waals surface area contributed by atoms with E-state index in [2.05, 4.69) is 28.7 Å². The molecule has 17 heavy (non-hydrogen) atoms. The molecule has 1 fully saturated rings. The fourth-order valence-electron chi connectivity index (χ4n) is 2.26. The van der Waals surface area contributed by atoms with Crippen molar-refractivity contribution in [2.45, 2.75) is 31.8 Å². The largest absolute Gasteiger partial charge is 0.356 e. The molecule has 0 unspecified atom stereocenters. The van der Waals surface area contributed by atoms with E-state index in [9.17, 15) is 0 Å². The molecule has 2 heterocycles. The highest BCUT2D eigenvalue weighted by molar-refractivity contribution is 7.98. The molecular weight excluding hydrogens is 254 g/mol. The van der Waals surface area contributed by atoms with Gasteiger partial charge in [-0.15, -0.1) is 0 Å². The van der Waals surface area contributed by atoms with Crippen molar-refractivity contribution in [2.75, 3.05) is 24.2 Å². The zero-order valence-electron chi connectivity index (χ0n) is 10.5. The Kier molecular flexibility index (Phi) is 3.83. The maximum atomic E-state index is 6.03. The molecule has 0 radical (unpaired) electrons. The van der Waals surface area contributed by atoms with Crippen LogP contribution in [-0.4, -0.2) is 29.3 Å². The number of halogens is 1. The monoisotopic (exact) mass is 271 g/mol. The predicted molar refractivity (Wildman–Crippen MR) is 74.1 cm³/mol. The highest BCUT2D eigenvalue weighted by Crippen LogP contribution is 2.31. The predicted octanol–water partition coefficient (Wildman–Crippen LogP) is 3.48. The van der Waals surface area contributed by atoms with Gasteiger partial charge in [-0.2, -0.15) is 0 Å². The third-order valence-electron chi connectivity index (χ3n) is 3.07. The van der Waals surface area contributed by atoms with Crippen LogP contribution >= 0.6 is 23.4 Å². The van der Waals surface area contributed by atoms with Gasteiger partial charge in [0.05, 0.1) is 0 Å². The van der Waals surface area contributed by atoms with E-state index in [-0.39, 0.29) is 0 Å². The highest BCUT2D eigenvalue weighted by atomic mass is 35.5. The fourth-order valence-corrected chi connectivity index (χ4v) is 2.86. The van der Waals surface area contributed by atoms with Gasteiger partial charge in [0.25, 0.3) is 0 Å². The maximum Gasteiger partial charge on any atom is 0.190 e. The second-order valence-corrected chi connectivity index (χ2v) is 6.39. The van der Waals surface area contributed by atoms with Gasteiger partial charge < -0.3 is 4.90 Å². The molecule has 0 spiro atoms. The average Bonchev–Trinajstić information content (AvgIpc) is 2.27. The minimum absolute atomic E-state index is 0.356. The Labute approximate surface area is 112 Å². The molecule has 0 saturated carbocycles. The molecule has 1 aromatic rings. The van der Waals surface area contributed by atoms with E-state index in [1.807, 2.05) is 12.3 Å². The van der Waals surface area contributed by atoms with E-state index in [0.29, 0.717) is 10.6 Å². The highest BCUT2D eigenvalue weighted by Gasteiger charge is 2.27. The van der Waals surface area contributed by atoms with Gasteiger partial charge in [0, 0.05) is 19.2 Å². The summed E-state index contributed by atoms with van der Waals surface area (Å²) < 4.78 is 0. The molecule has 0 atom stereocenters. The fraction of sp³-hybridized carbons (Fsp3) is 0.667. The summed E-state index contributed by atoms with van der Waals surface area (Å²) in [5.41, 5.74) is 0.356. The summed E-state index contributed by atoms with van der Waals surface area (Å²) in [6.45, 7) is 6.70. The molecule has 0 amide bonds. The number of nitrogens with zero attached hydrogens (tertiary/aromatic N) is 3. The maximum absolute atomic E-state index is 6.03. The SMILES string of the molecule is CSc1nc(Cl)cc(N2CCCC(C)(C)C2)n1. The molecule has 1 aromatic heterocycles. The first-order valence-corrected chi connectivity index (χ1v) is 7.44. The Hall–Kier alpha value is -0.480. The second-order valence-electron chi connectivity index (χ2n) is 5.22. The number of anilines is 1. The molecule has 94 valence electrons. The van der Waals surface area contributed by atoms with Crippen LogP contribution in [0, 0.1) is 5.41 Å². The van der Waals surface area contributed by atoms with Crippen LogP contribution in [0.2, 0.25) is 5.15 Å². The number of aromatic nitrogens is 2. The Morgan fingerprint density at radius 2 is 2.18 bits per heavy atom. The van der Waals surface area contributed by atoms with Crippen LogP contribution in [0.4, 0.5) is 5.82 Å². The van der Waals surface area contributed by atoms with Crippen molar-refractivity contribution in [1.29, 1.82) is 0 Å². The van der Waals surface area contributed by atoms with Crippen molar-refractivity contribution in [3.8, 4) is 0 Å². The van der Waals surface area contributed by atoms with Crippen LogP contribution in [0.15, 0.2) is 11.2 Å². The first-order chi connectivity index (χ1) is 8.00. The van der Waals surface area contributed by atoms with Crippen molar-refractivity contribution >= 4 is 29.2 Å². The Morgan fingerprint density at radius 3 is 2.82 bits per heavy atom. The lowest BCUT2D eigenvalue weighted by Crippen LogP contribution is -2.40. The van der Waals surface area contributed by atoms with Crippen LogP contribution < -0.4 is 4.90 Å². The van der Waals surface area contributed by atoms with Gasteiger partial charge in [-0.3, -0.25) is 0 Å². The van der Waals surface area contributed by atoms with E-state index in [4.69, 9.17) is 11.6 Å². The number of hydrogen-bond acceptors (Lipinski definition) is 4. The minimum atomic E-state index is 0.356. The summed E-state index contributed by atoms with van der Waals surface area (Å²) in [5, 5.41) is 1.28. The molecule has 0 aromatic carbocycles. The summed E-state index contributed by atoms with van der Waals surface area (Å²) in [6.07, 6.45) is 4.45. The summed E-state index contributed by atoms with van der Waals surface area (Å²) in [6, 6.07) is 1.86. The van der Waals surface area contributed by atoms with Crippen molar-refractivity contribution < 1.29 is 0 Å². The lowest BCUT2D eigenvalue weighted by molar-refractivity contribution is 0.292. The summed E-state index contributed by atoms with van der Waals surface area (Å²) in [7, 11) is 0. The average molecular weight is 272 g/mol. The van der Waals surface area contributed by atoms with Crippen molar-refractivity contribution in [3.05, 3.63) is 11.2 Å². The molecule has 0 aliphatic carbocycles. The Morgan fingerprint density at radius 1 is 1.41 bits per heavy atom. The summed E-state index contributed by atoms with van der Waals surface area (Å²) in [5.74, 6) is 0.960. The van der Waals surface area contributed by atoms with Gasteiger partial charge in [-0.1, -0.05) is 37.2 Å². The van der Waals surface area contributed by atoms with E-state index < -0.39 is 0 Å². The third-order valence-corrected chi connectivity index (χ3v) is 3.81. The standard InChI is InChI=1S/C12H18ClN3S/c1-12(2)5-4-6-16(8-12)10-7-9(13)14-11(15-10)17-3/h7H,4-6,8H2,1-3H3. The smallest absolute Gasteiger partial charge is 0.190 e.